The van der Waals surface area contributed by atoms with Crippen molar-refractivity contribution in [2.45, 2.75) is 12.5 Å². The van der Waals surface area contributed by atoms with Crippen molar-refractivity contribution in [3.63, 3.8) is 0 Å². The van der Waals surface area contributed by atoms with Gasteiger partial charge in [0.15, 0.2) is 0 Å². The van der Waals surface area contributed by atoms with E-state index in [9.17, 15) is 19.2 Å². The van der Waals surface area contributed by atoms with Gasteiger partial charge in [-0.2, -0.15) is 5.26 Å². The predicted octanol–water partition coefficient (Wildman–Crippen LogP) is 4.48. The van der Waals surface area contributed by atoms with Crippen LogP contribution in [-0.4, -0.2) is 15.5 Å². The van der Waals surface area contributed by atoms with E-state index < -0.39 is 23.2 Å². The van der Waals surface area contributed by atoms with Crippen LogP contribution in [0.25, 0.3) is 10.9 Å². The third-order valence-corrected chi connectivity index (χ3v) is 5.28. The van der Waals surface area contributed by atoms with E-state index in [-0.39, 0.29) is 11.9 Å². The summed E-state index contributed by atoms with van der Waals surface area (Å²) in [5, 5.41) is 12.7. The van der Waals surface area contributed by atoms with Gasteiger partial charge in [-0.3, -0.25) is 14.2 Å². The highest BCUT2D eigenvalue weighted by Gasteiger charge is 2.17. The van der Waals surface area contributed by atoms with Crippen molar-refractivity contribution in [2.24, 2.45) is 0 Å². The van der Waals surface area contributed by atoms with Crippen LogP contribution in [0.15, 0.2) is 77.9 Å². The first-order valence-electron chi connectivity index (χ1n) is 9.65. The Morgan fingerprint density at radius 1 is 1.16 bits per heavy atom. The van der Waals surface area contributed by atoms with Crippen molar-refractivity contribution < 1.29 is 9.18 Å². The number of carbonyl (C=O) groups excluding carboxylic acids is 1. The quantitative estimate of drug-likeness (QED) is 0.489. The molecule has 32 heavy (non-hydrogen) atoms. The van der Waals surface area contributed by atoms with Crippen molar-refractivity contribution in [2.75, 3.05) is 5.32 Å². The van der Waals surface area contributed by atoms with Crippen molar-refractivity contribution in [1.29, 1.82) is 5.26 Å². The third-order valence-electron chi connectivity index (χ3n) is 4.96. The maximum Gasteiger partial charge on any atom is 0.261 e. The van der Waals surface area contributed by atoms with Gasteiger partial charge in [-0.1, -0.05) is 48.0 Å². The Labute approximate surface area is 187 Å². The topological polar surface area (TPSA) is 87.8 Å². The number of carbonyl (C=O) groups is 1. The lowest BCUT2D eigenvalue weighted by Crippen LogP contribution is -2.28. The summed E-state index contributed by atoms with van der Waals surface area (Å²) in [4.78, 5) is 29.1. The van der Waals surface area contributed by atoms with Crippen LogP contribution in [0.3, 0.4) is 0 Å². The molecule has 6 nitrogen and oxygen atoms in total. The molecule has 0 saturated carbocycles. The standard InChI is InChI=1S/C24H16ClFN4O2/c25-21-11-17(7-8-18(21)20(12-27)15-4-2-1-3-5-15)29-23(31)13-30-14-28-22-9-6-16(26)10-19(22)24(30)32/h1-11,14,20H,13H2,(H,29,31). The first-order chi connectivity index (χ1) is 15.5. The van der Waals surface area contributed by atoms with E-state index in [4.69, 9.17) is 11.6 Å². The summed E-state index contributed by atoms with van der Waals surface area (Å²) < 4.78 is 14.6. The first-order valence-corrected chi connectivity index (χ1v) is 10.0. The molecule has 0 aliphatic heterocycles. The minimum Gasteiger partial charge on any atom is -0.324 e. The highest BCUT2D eigenvalue weighted by Crippen LogP contribution is 2.31. The van der Waals surface area contributed by atoms with Crippen LogP contribution in [0, 0.1) is 17.1 Å². The first kappa shape index (κ1) is 21.2. The number of nitrogens with one attached hydrogen (secondary N) is 1. The number of fused-ring (bicyclic) bond motifs is 1. The van der Waals surface area contributed by atoms with Gasteiger partial charge in [-0.05, 0) is 41.5 Å². The summed E-state index contributed by atoms with van der Waals surface area (Å²) in [6.07, 6.45) is 1.25. The van der Waals surface area contributed by atoms with Crippen molar-refractivity contribution in [3.05, 3.63) is 105 Å². The Hall–Kier alpha value is -4.02. The molecule has 0 fully saturated rings. The number of hydrogen-bond donors (Lipinski definition) is 1. The van der Waals surface area contributed by atoms with Crippen molar-refractivity contribution in [3.8, 4) is 6.07 Å². The Balaban J connectivity index is 1.53. The van der Waals surface area contributed by atoms with E-state index in [1.165, 1.54) is 18.5 Å². The van der Waals surface area contributed by atoms with E-state index in [0.29, 0.717) is 21.8 Å². The van der Waals surface area contributed by atoms with Crippen molar-refractivity contribution >= 4 is 34.1 Å². The van der Waals surface area contributed by atoms with Gasteiger partial charge in [0.05, 0.1) is 29.2 Å². The van der Waals surface area contributed by atoms with Crippen LogP contribution in [0.5, 0.6) is 0 Å². The SMILES string of the molecule is N#CC(c1ccccc1)c1ccc(NC(=O)Cn2cnc3ccc(F)cc3c2=O)cc1Cl. The molecular weight excluding hydrogens is 431 g/mol. The van der Waals surface area contributed by atoms with E-state index in [1.54, 1.807) is 18.2 Å². The van der Waals surface area contributed by atoms with E-state index in [2.05, 4.69) is 16.4 Å². The van der Waals surface area contributed by atoms with Crippen LogP contribution < -0.4 is 10.9 Å². The average Bonchev–Trinajstić information content (AvgIpc) is 2.79. The molecule has 158 valence electrons. The molecule has 1 heterocycles. The molecule has 0 aliphatic rings. The van der Waals surface area contributed by atoms with Gasteiger partial charge in [0.2, 0.25) is 5.91 Å². The van der Waals surface area contributed by atoms with E-state index in [1.807, 2.05) is 30.3 Å². The normalized spacial score (nSPS) is 11.7. The van der Waals surface area contributed by atoms with Crippen LogP contribution in [-0.2, 0) is 11.3 Å². The molecule has 0 bridgehead atoms. The van der Waals surface area contributed by atoms with Gasteiger partial charge in [0.1, 0.15) is 12.4 Å². The zero-order valence-corrected chi connectivity index (χ0v) is 17.4. The molecule has 0 spiro atoms. The van der Waals surface area contributed by atoms with Crippen LogP contribution in [0.2, 0.25) is 5.02 Å². The third kappa shape index (κ3) is 4.36. The lowest BCUT2D eigenvalue weighted by molar-refractivity contribution is -0.116. The molecule has 0 saturated heterocycles. The molecule has 1 atom stereocenters. The molecule has 3 aromatic carbocycles. The zero-order chi connectivity index (χ0) is 22.7. The largest absolute Gasteiger partial charge is 0.324 e. The smallest absolute Gasteiger partial charge is 0.261 e. The van der Waals surface area contributed by atoms with E-state index >= 15 is 0 Å². The number of amides is 1. The summed E-state index contributed by atoms with van der Waals surface area (Å²) >= 11 is 6.40. The van der Waals surface area contributed by atoms with Crippen molar-refractivity contribution in [1.82, 2.24) is 9.55 Å². The summed E-state index contributed by atoms with van der Waals surface area (Å²) in [7, 11) is 0. The number of anilines is 1. The number of benzene rings is 3. The Bertz CT molecular complexity index is 1410. The molecule has 1 unspecified atom stereocenters. The number of aromatic nitrogens is 2. The van der Waals surface area contributed by atoms with Gasteiger partial charge < -0.3 is 5.32 Å². The molecule has 4 rings (SSSR count). The Kier molecular flexibility index (Phi) is 5.97. The number of rotatable bonds is 5. The van der Waals surface area contributed by atoms with Gasteiger partial charge in [-0.15, -0.1) is 0 Å². The summed E-state index contributed by atoms with van der Waals surface area (Å²) in [5.41, 5.74) is 1.68. The number of halogens is 2. The van der Waals surface area contributed by atoms with E-state index in [0.717, 1.165) is 16.2 Å². The van der Waals surface area contributed by atoms with Crippen LogP contribution >= 0.6 is 11.6 Å². The molecule has 1 N–H and O–H groups in total. The predicted molar refractivity (Wildman–Crippen MR) is 120 cm³/mol. The monoisotopic (exact) mass is 446 g/mol. The second kappa shape index (κ2) is 9.00. The zero-order valence-electron chi connectivity index (χ0n) is 16.6. The van der Waals surface area contributed by atoms with Gasteiger partial charge in [-0.25, -0.2) is 9.37 Å². The maximum atomic E-state index is 13.5. The summed E-state index contributed by atoms with van der Waals surface area (Å²) in [5.74, 6) is -1.58. The summed E-state index contributed by atoms with van der Waals surface area (Å²) in [6, 6.07) is 20.1. The molecule has 1 amide bonds. The van der Waals surface area contributed by atoms with Gasteiger partial charge in [0.25, 0.3) is 5.56 Å². The molecular formula is C24H16ClFN4O2. The number of nitrogens with zero attached hydrogens (tertiary/aromatic N) is 3. The second-order valence-electron chi connectivity index (χ2n) is 7.10. The fourth-order valence-corrected chi connectivity index (χ4v) is 3.70. The summed E-state index contributed by atoms with van der Waals surface area (Å²) in [6.45, 7) is -0.303. The number of nitriles is 1. The van der Waals surface area contributed by atoms with Crippen LogP contribution in [0.4, 0.5) is 10.1 Å². The lowest BCUT2D eigenvalue weighted by Gasteiger charge is -2.14. The second-order valence-corrected chi connectivity index (χ2v) is 7.50. The lowest BCUT2D eigenvalue weighted by atomic mass is 9.92. The molecule has 0 aliphatic carbocycles. The maximum absolute atomic E-state index is 13.5. The van der Waals surface area contributed by atoms with Gasteiger partial charge >= 0.3 is 0 Å². The van der Waals surface area contributed by atoms with Gasteiger partial charge in [0, 0.05) is 10.7 Å². The minimum atomic E-state index is -0.556. The molecule has 8 heteroatoms. The number of hydrogen-bond acceptors (Lipinski definition) is 4. The fraction of sp³-hybridized carbons (Fsp3) is 0.0833. The average molecular weight is 447 g/mol. The molecule has 1 aromatic heterocycles. The highest BCUT2D eigenvalue weighted by atomic mass is 35.5. The minimum absolute atomic E-state index is 0.0937. The molecule has 0 radical (unpaired) electrons. The highest BCUT2D eigenvalue weighted by molar-refractivity contribution is 6.31. The Morgan fingerprint density at radius 3 is 2.66 bits per heavy atom. The molecule has 4 aromatic rings. The fourth-order valence-electron chi connectivity index (χ4n) is 3.41. The van der Waals surface area contributed by atoms with Crippen LogP contribution in [0.1, 0.15) is 17.0 Å². The Morgan fingerprint density at radius 2 is 1.94 bits per heavy atom.